The van der Waals surface area contributed by atoms with Crippen molar-refractivity contribution in [2.24, 2.45) is 0 Å². The zero-order valence-electron chi connectivity index (χ0n) is 15.2. The molecule has 2 aromatic heterocycles. The quantitative estimate of drug-likeness (QED) is 0.524. The Bertz CT molecular complexity index is 1240. The fourth-order valence-electron chi connectivity index (χ4n) is 3.30. The summed E-state index contributed by atoms with van der Waals surface area (Å²) in [6, 6.07) is 13.6. The summed E-state index contributed by atoms with van der Waals surface area (Å²) < 4.78 is 17.0. The van der Waals surface area contributed by atoms with Crippen molar-refractivity contribution >= 4 is 23.0 Å². The van der Waals surface area contributed by atoms with E-state index in [1.807, 2.05) is 29.7 Å². The van der Waals surface area contributed by atoms with Crippen LogP contribution in [-0.2, 0) is 13.0 Å². The molecule has 1 unspecified atom stereocenters. The molecule has 28 heavy (non-hydrogen) atoms. The van der Waals surface area contributed by atoms with Crippen molar-refractivity contribution < 1.29 is 4.39 Å². The van der Waals surface area contributed by atoms with Crippen LogP contribution in [0.5, 0.6) is 0 Å². The molecule has 4 rings (SSSR count). The molecule has 8 heteroatoms. The van der Waals surface area contributed by atoms with Crippen LogP contribution >= 0.6 is 12.2 Å². The predicted molar refractivity (Wildman–Crippen MR) is 107 cm³/mol. The van der Waals surface area contributed by atoms with Crippen LogP contribution in [0.4, 0.5) is 4.39 Å². The second-order valence-electron chi connectivity index (χ2n) is 6.55. The van der Waals surface area contributed by atoms with Gasteiger partial charge in [-0.3, -0.25) is 14.5 Å². The fourth-order valence-corrected chi connectivity index (χ4v) is 3.61. The maximum absolute atomic E-state index is 13.2. The van der Waals surface area contributed by atoms with Gasteiger partial charge in [0.2, 0.25) is 0 Å². The first kappa shape index (κ1) is 18.2. The van der Waals surface area contributed by atoms with Crippen molar-refractivity contribution in [3.05, 3.63) is 87.1 Å². The smallest absolute Gasteiger partial charge is 0.274 e. The number of aromatic nitrogens is 5. The van der Waals surface area contributed by atoms with E-state index in [9.17, 15) is 9.18 Å². The molecule has 0 aliphatic rings. The lowest BCUT2D eigenvalue weighted by Crippen LogP contribution is -2.24. The van der Waals surface area contributed by atoms with Gasteiger partial charge in [0, 0.05) is 11.8 Å². The third kappa shape index (κ3) is 3.38. The van der Waals surface area contributed by atoms with Crippen LogP contribution in [-0.4, -0.2) is 24.5 Å². The first-order valence-electron chi connectivity index (χ1n) is 8.90. The first-order valence-corrected chi connectivity index (χ1v) is 9.31. The van der Waals surface area contributed by atoms with Crippen LogP contribution in [0.25, 0.3) is 10.8 Å². The monoisotopic (exact) mass is 395 g/mol. The van der Waals surface area contributed by atoms with E-state index in [4.69, 9.17) is 12.2 Å². The normalized spacial score (nSPS) is 12.4. The third-order valence-corrected chi connectivity index (χ3v) is 5.11. The number of halogens is 1. The number of nitrogens with one attached hydrogen (secondary N) is 1. The molecule has 0 spiro atoms. The topological polar surface area (TPSA) is 68.5 Å². The molecular formula is C20H18FN5OS. The van der Waals surface area contributed by atoms with Gasteiger partial charge in [-0.1, -0.05) is 30.3 Å². The van der Waals surface area contributed by atoms with Gasteiger partial charge in [-0.2, -0.15) is 10.2 Å². The van der Waals surface area contributed by atoms with Gasteiger partial charge in [-0.05, 0) is 42.9 Å². The Hall–Kier alpha value is -3.13. The van der Waals surface area contributed by atoms with Gasteiger partial charge < -0.3 is 0 Å². The highest BCUT2D eigenvalue weighted by atomic mass is 32.1. The van der Waals surface area contributed by atoms with E-state index in [2.05, 4.69) is 15.3 Å². The second-order valence-corrected chi connectivity index (χ2v) is 6.94. The molecule has 4 aromatic rings. The zero-order valence-corrected chi connectivity index (χ0v) is 16.0. The Morgan fingerprint density at radius 3 is 2.71 bits per heavy atom. The average Bonchev–Trinajstić information content (AvgIpc) is 3.08. The summed E-state index contributed by atoms with van der Waals surface area (Å²) in [6.45, 7) is 2.35. The summed E-state index contributed by atoms with van der Waals surface area (Å²) in [5.74, 6) is 0.428. The number of aryl methyl sites for hydroxylation is 2. The second kappa shape index (κ2) is 7.47. The maximum atomic E-state index is 13.2. The Morgan fingerprint density at radius 2 is 1.93 bits per heavy atom. The number of fused-ring (bicyclic) bond motifs is 1. The summed E-state index contributed by atoms with van der Waals surface area (Å²) in [5, 5.41) is 12.8. The molecule has 0 saturated carbocycles. The van der Waals surface area contributed by atoms with Crippen molar-refractivity contribution in [1.29, 1.82) is 0 Å². The molecule has 1 atom stereocenters. The SMILES string of the molecule is CC(c1ccc(F)cc1)n1c(CCn2ncc3ccccc3c2=O)n[nH]c1=S. The first-order chi connectivity index (χ1) is 13.5. The number of aromatic amines is 1. The number of benzene rings is 2. The van der Waals surface area contributed by atoms with Gasteiger partial charge in [0.15, 0.2) is 4.77 Å². The Morgan fingerprint density at radius 1 is 1.18 bits per heavy atom. The number of nitrogens with zero attached hydrogens (tertiary/aromatic N) is 4. The maximum Gasteiger partial charge on any atom is 0.274 e. The van der Waals surface area contributed by atoms with Gasteiger partial charge in [0.1, 0.15) is 11.6 Å². The van der Waals surface area contributed by atoms with Crippen LogP contribution in [0.15, 0.2) is 59.5 Å². The van der Waals surface area contributed by atoms with Crippen molar-refractivity contribution in [2.75, 3.05) is 0 Å². The van der Waals surface area contributed by atoms with E-state index in [1.54, 1.807) is 24.4 Å². The van der Waals surface area contributed by atoms with E-state index in [0.29, 0.717) is 28.9 Å². The summed E-state index contributed by atoms with van der Waals surface area (Å²) in [7, 11) is 0. The highest BCUT2D eigenvalue weighted by Crippen LogP contribution is 2.20. The van der Waals surface area contributed by atoms with Crippen molar-refractivity contribution in [2.45, 2.75) is 25.9 Å². The predicted octanol–water partition coefficient (Wildman–Crippen LogP) is 3.64. The molecule has 0 bridgehead atoms. The van der Waals surface area contributed by atoms with E-state index in [1.165, 1.54) is 16.8 Å². The lowest BCUT2D eigenvalue weighted by atomic mass is 10.1. The van der Waals surface area contributed by atoms with Crippen molar-refractivity contribution in [3.8, 4) is 0 Å². The molecule has 0 aliphatic carbocycles. The number of hydrogen-bond acceptors (Lipinski definition) is 4. The molecule has 2 aromatic carbocycles. The standard InChI is InChI=1S/C20H18FN5OS/c1-13(14-6-8-16(21)9-7-14)26-18(23-24-20(26)28)10-11-25-19(27)17-5-3-2-4-15(17)12-22-25/h2-9,12-13H,10-11H2,1H3,(H,24,28). The molecule has 2 heterocycles. The molecular weight excluding hydrogens is 377 g/mol. The molecule has 0 aliphatic heterocycles. The van der Waals surface area contributed by atoms with E-state index < -0.39 is 0 Å². The summed E-state index contributed by atoms with van der Waals surface area (Å²) in [6.07, 6.45) is 2.17. The summed E-state index contributed by atoms with van der Waals surface area (Å²) >= 11 is 5.38. The lowest BCUT2D eigenvalue weighted by Gasteiger charge is -2.16. The van der Waals surface area contributed by atoms with E-state index >= 15 is 0 Å². The van der Waals surface area contributed by atoms with Gasteiger partial charge in [-0.15, -0.1) is 0 Å². The number of H-pyrrole nitrogens is 1. The molecule has 0 saturated heterocycles. The van der Waals surface area contributed by atoms with Crippen LogP contribution in [0.3, 0.4) is 0 Å². The number of hydrogen-bond donors (Lipinski definition) is 1. The fraction of sp³-hybridized carbons (Fsp3) is 0.200. The van der Waals surface area contributed by atoms with Gasteiger partial charge in [0.05, 0.1) is 24.2 Å². The van der Waals surface area contributed by atoms with Crippen LogP contribution in [0.1, 0.15) is 24.4 Å². The number of rotatable bonds is 5. The minimum atomic E-state index is -0.284. The minimum absolute atomic E-state index is 0.122. The van der Waals surface area contributed by atoms with Crippen molar-refractivity contribution in [1.82, 2.24) is 24.5 Å². The molecule has 1 N–H and O–H groups in total. The average molecular weight is 395 g/mol. The molecule has 142 valence electrons. The third-order valence-electron chi connectivity index (χ3n) is 4.83. The van der Waals surface area contributed by atoms with E-state index in [0.717, 1.165) is 10.9 Å². The van der Waals surface area contributed by atoms with Gasteiger partial charge in [-0.25, -0.2) is 9.07 Å². The van der Waals surface area contributed by atoms with E-state index in [-0.39, 0.29) is 17.4 Å². The largest absolute Gasteiger partial charge is 0.297 e. The van der Waals surface area contributed by atoms with Gasteiger partial charge in [0.25, 0.3) is 5.56 Å². The Kier molecular flexibility index (Phi) is 4.87. The zero-order chi connectivity index (χ0) is 19.7. The molecule has 0 fully saturated rings. The molecule has 0 radical (unpaired) electrons. The molecule has 0 amide bonds. The lowest BCUT2D eigenvalue weighted by molar-refractivity contribution is 0.533. The van der Waals surface area contributed by atoms with Crippen molar-refractivity contribution in [3.63, 3.8) is 0 Å². The van der Waals surface area contributed by atoms with Crippen LogP contribution in [0, 0.1) is 10.6 Å². The Balaban J connectivity index is 1.62. The highest BCUT2D eigenvalue weighted by molar-refractivity contribution is 7.71. The van der Waals surface area contributed by atoms with Crippen LogP contribution in [0.2, 0.25) is 0 Å². The van der Waals surface area contributed by atoms with Crippen LogP contribution < -0.4 is 5.56 Å². The van der Waals surface area contributed by atoms with Gasteiger partial charge >= 0.3 is 0 Å². The highest BCUT2D eigenvalue weighted by Gasteiger charge is 2.15. The molecule has 6 nitrogen and oxygen atoms in total. The summed E-state index contributed by atoms with van der Waals surface area (Å²) in [4.78, 5) is 12.6. The Labute approximate surface area is 165 Å². The summed E-state index contributed by atoms with van der Waals surface area (Å²) in [5.41, 5.74) is 0.784. The minimum Gasteiger partial charge on any atom is -0.297 e.